The van der Waals surface area contributed by atoms with Crippen LogP contribution in [-0.4, -0.2) is 15.0 Å². The monoisotopic (exact) mass is 200 g/mol. The highest BCUT2D eigenvalue weighted by Crippen LogP contribution is 2.24. The Labute approximate surface area is 87.7 Å². The van der Waals surface area contributed by atoms with Gasteiger partial charge < -0.3 is 5.73 Å². The second-order valence-corrected chi connectivity index (χ2v) is 3.89. The van der Waals surface area contributed by atoms with Gasteiger partial charge in [0.15, 0.2) is 5.82 Å². The number of anilines is 1. The lowest BCUT2D eigenvalue weighted by Crippen LogP contribution is -1.96. The van der Waals surface area contributed by atoms with Gasteiger partial charge in [0.2, 0.25) is 0 Å². The van der Waals surface area contributed by atoms with Gasteiger partial charge in [-0.2, -0.15) is 0 Å². The number of rotatable bonds is 1. The molecule has 3 rings (SSSR count). The number of fused-ring (bicyclic) bond motifs is 1. The molecule has 0 aliphatic heterocycles. The van der Waals surface area contributed by atoms with Crippen LogP contribution in [0.3, 0.4) is 0 Å². The van der Waals surface area contributed by atoms with Crippen molar-refractivity contribution in [3.63, 3.8) is 0 Å². The van der Waals surface area contributed by atoms with Crippen LogP contribution in [0.4, 0.5) is 5.82 Å². The maximum atomic E-state index is 5.53. The predicted molar refractivity (Wildman–Crippen MR) is 57.8 cm³/mol. The minimum atomic E-state index is 0.454. The van der Waals surface area contributed by atoms with E-state index in [0.717, 1.165) is 5.69 Å². The molecule has 76 valence electrons. The van der Waals surface area contributed by atoms with Gasteiger partial charge in [-0.15, -0.1) is 5.10 Å². The molecule has 4 heteroatoms. The van der Waals surface area contributed by atoms with E-state index in [0.29, 0.717) is 5.82 Å². The fourth-order valence-corrected chi connectivity index (χ4v) is 2.10. The number of nitrogens with zero attached hydrogens (tertiary/aromatic N) is 3. The maximum Gasteiger partial charge on any atom is 0.166 e. The molecule has 1 aromatic heterocycles. The summed E-state index contributed by atoms with van der Waals surface area (Å²) in [6.45, 7) is 0. The van der Waals surface area contributed by atoms with Crippen molar-refractivity contribution in [3.05, 3.63) is 35.5 Å². The maximum absolute atomic E-state index is 5.53. The quantitative estimate of drug-likeness (QED) is 0.755. The summed E-state index contributed by atoms with van der Waals surface area (Å²) in [7, 11) is 0. The highest BCUT2D eigenvalue weighted by atomic mass is 15.4. The summed E-state index contributed by atoms with van der Waals surface area (Å²) >= 11 is 0. The minimum absolute atomic E-state index is 0.454. The first-order valence-corrected chi connectivity index (χ1v) is 5.13. The Morgan fingerprint density at radius 1 is 1.20 bits per heavy atom. The number of nitrogen functional groups attached to an aromatic ring is 1. The Morgan fingerprint density at radius 3 is 2.87 bits per heavy atom. The van der Waals surface area contributed by atoms with Gasteiger partial charge in [-0.1, -0.05) is 11.3 Å². The summed E-state index contributed by atoms with van der Waals surface area (Å²) in [6, 6.07) is 6.42. The smallest absolute Gasteiger partial charge is 0.166 e. The summed E-state index contributed by atoms with van der Waals surface area (Å²) in [5.74, 6) is 0.454. The second kappa shape index (κ2) is 3.08. The van der Waals surface area contributed by atoms with E-state index >= 15 is 0 Å². The number of aromatic nitrogens is 3. The molecule has 15 heavy (non-hydrogen) atoms. The van der Waals surface area contributed by atoms with Crippen LogP contribution in [-0.2, 0) is 12.8 Å². The van der Waals surface area contributed by atoms with E-state index in [1.807, 2.05) is 0 Å². The molecule has 2 aromatic rings. The molecular weight excluding hydrogens is 188 g/mol. The van der Waals surface area contributed by atoms with Crippen molar-refractivity contribution in [2.45, 2.75) is 19.3 Å². The van der Waals surface area contributed by atoms with Gasteiger partial charge in [0, 0.05) is 0 Å². The molecule has 0 atom stereocenters. The Balaban J connectivity index is 2.06. The van der Waals surface area contributed by atoms with Gasteiger partial charge in [0.05, 0.1) is 11.9 Å². The van der Waals surface area contributed by atoms with E-state index in [4.69, 9.17) is 5.73 Å². The Hall–Kier alpha value is -1.84. The van der Waals surface area contributed by atoms with Crippen LogP contribution in [0, 0.1) is 0 Å². The normalized spacial score (nSPS) is 14.1. The van der Waals surface area contributed by atoms with Crippen molar-refractivity contribution >= 4 is 5.82 Å². The van der Waals surface area contributed by atoms with Crippen LogP contribution in [0.2, 0.25) is 0 Å². The molecule has 0 radical (unpaired) electrons. The Morgan fingerprint density at radius 2 is 2.07 bits per heavy atom. The molecule has 0 fully saturated rings. The molecule has 1 heterocycles. The highest BCUT2D eigenvalue weighted by Gasteiger charge is 2.11. The van der Waals surface area contributed by atoms with Crippen LogP contribution in [0.25, 0.3) is 5.69 Å². The standard InChI is InChI=1S/C11H12N4/c12-11-7-15(14-13-11)10-5-4-8-2-1-3-9(8)6-10/h4-7H,1-3,12H2. The predicted octanol–water partition coefficient (Wildman–Crippen LogP) is 1.34. The first kappa shape index (κ1) is 8.47. The average Bonchev–Trinajstić information content (AvgIpc) is 2.84. The third kappa shape index (κ3) is 1.38. The molecule has 1 aromatic carbocycles. The van der Waals surface area contributed by atoms with Gasteiger partial charge in [-0.25, -0.2) is 4.68 Å². The summed E-state index contributed by atoms with van der Waals surface area (Å²) in [6.07, 6.45) is 5.37. The van der Waals surface area contributed by atoms with Gasteiger partial charge >= 0.3 is 0 Å². The van der Waals surface area contributed by atoms with E-state index in [1.165, 1.54) is 30.4 Å². The van der Waals surface area contributed by atoms with Crippen molar-refractivity contribution in [2.75, 3.05) is 5.73 Å². The zero-order valence-corrected chi connectivity index (χ0v) is 8.35. The van der Waals surface area contributed by atoms with Crippen LogP contribution in [0.1, 0.15) is 17.5 Å². The second-order valence-electron chi connectivity index (χ2n) is 3.89. The highest BCUT2D eigenvalue weighted by molar-refractivity contribution is 5.43. The van der Waals surface area contributed by atoms with Gasteiger partial charge in [0.1, 0.15) is 0 Å². The van der Waals surface area contributed by atoms with E-state index in [2.05, 4.69) is 28.5 Å². The lowest BCUT2D eigenvalue weighted by molar-refractivity contribution is 0.802. The number of benzene rings is 1. The largest absolute Gasteiger partial charge is 0.381 e. The average molecular weight is 200 g/mol. The van der Waals surface area contributed by atoms with E-state index in [-0.39, 0.29) is 0 Å². The fourth-order valence-electron chi connectivity index (χ4n) is 2.10. The summed E-state index contributed by atoms with van der Waals surface area (Å²) in [5, 5.41) is 7.73. The molecule has 0 saturated carbocycles. The lowest BCUT2D eigenvalue weighted by Gasteiger charge is -2.03. The summed E-state index contributed by atoms with van der Waals surface area (Å²) in [5.41, 5.74) is 9.47. The SMILES string of the molecule is Nc1cn(-c2ccc3c(c2)CCC3)nn1. The third-order valence-corrected chi connectivity index (χ3v) is 2.86. The molecule has 0 unspecified atom stereocenters. The Bertz CT molecular complexity index is 501. The topological polar surface area (TPSA) is 56.7 Å². The summed E-state index contributed by atoms with van der Waals surface area (Å²) in [4.78, 5) is 0. The van der Waals surface area contributed by atoms with Crippen LogP contribution < -0.4 is 5.73 Å². The van der Waals surface area contributed by atoms with Crippen LogP contribution >= 0.6 is 0 Å². The summed E-state index contributed by atoms with van der Waals surface area (Å²) < 4.78 is 1.72. The van der Waals surface area contributed by atoms with Crippen molar-refractivity contribution in [3.8, 4) is 5.69 Å². The molecule has 0 saturated heterocycles. The zero-order chi connectivity index (χ0) is 10.3. The van der Waals surface area contributed by atoms with E-state index < -0.39 is 0 Å². The van der Waals surface area contributed by atoms with Crippen LogP contribution in [0.5, 0.6) is 0 Å². The molecule has 0 bridgehead atoms. The van der Waals surface area contributed by atoms with Gasteiger partial charge in [-0.3, -0.25) is 0 Å². The number of hydrogen-bond donors (Lipinski definition) is 1. The molecule has 2 N–H and O–H groups in total. The van der Waals surface area contributed by atoms with Crippen LogP contribution in [0.15, 0.2) is 24.4 Å². The minimum Gasteiger partial charge on any atom is -0.381 e. The van der Waals surface area contributed by atoms with Crippen molar-refractivity contribution in [1.82, 2.24) is 15.0 Å². The van der Waals surface area contributed by atoms with Crippen molar-refractivity contribution in [1.29, 1.82) is 0 Å². The third-order valence-electron chi connectivity index (χ3n) is 2.86. The van der Waals surface area contributed by atoms with Gasteiger partial charge in [-0.05, 0) is 42.5 Å². The Kier molecular flexibility index (Phi) is 1.74. The first-order chi connectivity index (χ1) is 7.33. The van der Waals surface area contributed by atoms with E-state index in [1.54, 1.807) is 10.9 Å². The molecular formula is C11H12N4. The molecule has 4 nitrogen and oxygen atoms in total. The fraction of sp³-hybridized carbons (Fsp3) is 0.273. The van der Waals surface area contributed by atoms with Crippen molar-refractivity contribution < 1.29 is 0 Å². The molecule has 1 aliphatic carbocycles. The van der Waals surface area contributed by atoms with Gasteiger partial charge in [0.25, 0.3) is 0 Å². The first-order valence-electron chi connectivity index (χ1n) is 5.13. The van der Waals surface area contributed by atoms with E-state index in [9.17, 15) is 0 Å². The zero-order valence-electron chi connectivity index (χ0n) is 8.35. The lowest BCUT2D eigenvalue weighted by atomic mass is 10.1. The number of aryl methyl sites for hydroxylation is 2. The molecule has 0 amide bonds. The number of hydrogen-bond acceptors (Lipinski definition) is 3. The molecule has 0 spiro atoms. The van der Waals surface area contributed by atoms with Crippen molar-refractivity contribution in [2.24, 2.45) is 0 Å². The molecule has 1 aliphatic rings. The number of nitrogens with two attached hydrogens (primary N) is 1.